The van der Waals surface area contributed by atoms with Gasteiger partial charge in [-0.3, -0.25) is 0 Å². The van der Waals surface area contributed by atoms with Crippen molar-refractivity contribution in [2.75, 3.05) is 6.54 Å². The lowest BCUT2D eigenvalue weighted by molar-refractivity contribution is 0.571. The molecule has 0 aliphatic carbocycles. The van der Waals surface area contributed by atoms with E-state index in [0.717, 1.165) is 6.54 Å². The number of nitrogens with one attached hydrogen (secondary N) is 2. The van der Waals surface area contributed by atoms with Crippen molar-refractivity contribution in [3.8, 4) is 11.3 Å². The van der Waals surface area contributed by atoms with E-state index in [1.807, 2.05) is 12.3 Å². The second-order valence-corrected chi connectivity index (χ2v) is 4.38. The van der Waals surface area contributed by atoms with E-state index in [1.165, 1.54) is 23.2 Å². The molecule has 2 rings (SSSR count). The number of hydrogen-bond acceptors (Lipinski definition) is 1. The van der Waals surface area contributed by atoms with Gasteiger partial charge in [-0.1, -0.05) is 31.2 Å². The van der Waals surface area contributed by atoms with E-state index in [4.69, 9.17) is 0 Å². The molecule has 17 heavy (non-hydrogen) atoms. The Morgan fingerprint density at radius 3 is 2.53 bits per heavy atom. The molecule has 0 aliphatic heterocycles. The highest BCUT2D eigenvalue weighted by Crippen LogP contribution is 2.20. The highest BCUT2D eigenvalue weighted by molar-refractivity contribution is 5.59. The van der Waals surface area contributed by atoms with E-state index in [0.29, 0.717) is 6.04 Å². The predicted molar refractivity (Wildman–Crippen MR) is 72.9 cm³/mol. The summed E-state index contributed by atoms with van der Waals surface area (Å²) in [6, 6.07) is 13.3. The summed E-state index contributed by atoms with van der Waals surface area (Å²) in [6.07, 6.45) is 3.12. The molecular weight excluding hydrogens is 208 g/mol. The topological polar surface area (TPSA) is 27.8 Å². The molecule has 90 valence electrons. The Hall–Kier alpha value is -1.54. The van der Waals surface area contributed by atoms with Crippen LogP contribution < -0.4 is 5.32 Å². The van der Waals surface area contributed by atoms with E-state index in [-0.39, 0.29) is 0 Å². The van der Waals surface area contributed by atoms with Crippen LogP contribution in [0.25, 0.3) is 11.3 Å². The third-order valence-corrected chi connectivity index (χ3v) is 3.02. The molecule has 1 atom stereocenters. The zero-order chi connectivity index (χ0) is 12.1. The van der Waals surface area contributed by atoms with Gasteiger partial charge in [-0.25, -0.2) is 0 Å². The smallest absolute Gasteiger partial charge is 0.0453 e. The minimum absolute atomic E-state index is 0.424. The van der Waals surface area contributed by atoms with Crippen LogP contribution >= 0.6 is 0 Å². The SMILES string of the molecule is CCCNC(C)c1ccc(-c2ccc[nH]2)cc1. The molecular formula is C15H20N2. The van der Waals surface area contributed by atoms with Gasteiger partial charge in [0.2, 0.25) is 0 Å². The van der Waals surface area contributed by atoms with Crippen LogP contribution in [0, 0.1) is 0 Å². The van der Waals surface area contributed by atoms with E-state index in [9.17, 15) is 0 Å². The van der Waals surface area contributed by atoms with Crippen LogP contribution in [0.5, 0.6) is 0 Å². The quantitative estimate of drug-likeness (QED) is 0.801. The third-order valence-electron chi connectivity index (χ3n) is 3.02. The van der Waals surface area contributed by atoms with Crippen LogP contribution in [-0.2, 0) is 0 Å². The summed E-state index contributed by atoms with van der Waals surface area (Å²) in [4.78, 5) is 3.22. The maximum atomic E-state index is 3.49. The average molecular weight is 228 g/mol. The third kappa shape index (κ3) is 2.98. The molecule has 0 fully saturated rings. The van der Waals surface area contributed by atoms with Gasteiger partial charge < -0.3 is 10.3 Å². The number of aromatic nitrogens is 1. The number of hydrogen-bond donors (Lipinski definition) is 2. The van der Waals surface area contributed by atoms with Gasteiger partial charge in [0.15, 0.2) is 0 Å². The van der Waals surface area contributed by atoms with Crippen molar-refractivity contribution in [2.45, 2.75) is 26.3 Å². The number of aromatic amines is 1. The fraction of sp³-hybridized carbons (Fsp3) is 0.333. The van der Waals surface area contributed by atoms with Gasteiger partial charge >= 0.3 is 0 Å². The van der Waals surface area contributed by atoms with Crippen LogP contribution in [0.3, 0.4) is 0 Å². The zero-order valence-electron chi connectivity index (χ0n) is 10.5. The maximum absolute atomic E-state index is 3.49. The van der Waals surface area contributed by atoms with Gasteiger partial charge in [0, 0.05) is 17.9 Å². The van der Waals surface area contributed by atoms with Crippen LogP contribution in [0.15, 0.2) is 42.6 Å². The molecule has 2 heteroatoms. The fourth-order valence-corrected chi connectivity index (χ4v) is 1.94. The lowest BCUT2D eigenvalue weighted by atomic mass is 10.0. The highest BCUT2D eigenvalue weighted by Gasteiger charge is 2.04. The van der Waals surface area contributed by atoms with Gasteiger partial charge in [0.05, 0.1) is 0 Å². The number of H-pyrrole nitrogens is 1. The molecule has 1 aromatic carbocycles. The van der Waals surface area contributed by atoms with Crippen LogP contribution in [0.4, 0.5) is 0 Å². The van der Waals surface area contributed by atoms with E-state index < -0.39 is 0 Å². The standard InChI is InChI=1S/C15H20N2/c1-3-10-16-12(2)13-6-8-14(9-7-13)15-5-4-11-17-15/h4-9,11-12,16-17H,3,10H2,1-2H3. The van der Waals surface area contributed by atoms with Crippen LogP contribution in [0.1, 0.15) is 31.9 Å². The van der Waals surface area contributed by atoms with Crippen molar-refractivity contribution in [2.24, 2.45) is 0 Å². The second kappa shape index (κ2) is 5.69. The van der Waals surface area contributed by atoms with Gasteiger partial charge in [-0.2, -0.15) is 0 Å². The van der Waals surface area contributed by atoms with Crippen molar-refractivity contribution in [1.29, 1.82) is 0 Å². The van der Waals surface area contributed by atoms with Crippen molar-refractivity contribution in [3.63, 3.8) is 0 Å². The Kier molecular flexibility index (Phi) is 3.99. The van der Waals surface area contributed by atoms with Crippen molar-refractivity contribution < 1.29 is 0 Å². The first-order chi connectivity index (χ1) is 8.31. The Bertz CT molecular complexity index is 428. The molecule has 0 amide bonds. The van der Waals surface area contributed by atoms with Gasteiger partial charge in [0.1, 0.15) is 0 Å². The minimum Gasteiger partial charge on any atom is -0.361 e. The van der Waals surface area contributed by atoms with Crippen LogP contribution in [-0.4, -0.2) is 11.5 Å². The summed E-state index contributed by atoms with van der Waals surface area (Å²) in [5.41, 5.74) is 3.75. The first kappa shape index (κ1) is 11.9. The molecule has 2 aromatic rings. The van der Waals surface area contributed by atoms with Gasteiger partial charge in [-0.05, 0) is 43.1 Å². The lowest BCUT2D eigenvalue weighted by Crippen LogP contribution is -2.19. The largest absolute Gasteiger partial charge is 0.361 e. The molecule has 0 saturated heterocycles. The maximum Gasteiger partial charge on any atom is 0.0453 e. The molecule has 1 aromatic heterocycles. The first-order valence-electron chi connectivity index (χ1n) is 6.28. The molecule has 0 aliphatic rings. The van der Waals surface area contributed by atoms with Gasteiger partial charge in [-0.15, -0.1) is 0 Å². The second-order valence-electron chi connectivity index (χ2n) is 4.38. The zero-order valence-corrected chi connectivity index (χ0v) is 10.5. The summed E-state index contributed by atoms with van der Waals surface area (Å²) in [5, 5.41) is 3.49. The number of benzene rings is 1. The Morgan fingerprint density at radius 2 is 1.94 bits per heavy atom. The van der Waals surface area contributed by atoms with E-state index in [1.54, 1.807) is 0 Å². The summed E-state index contributed by atoms with van der Waals surface area (Å²) < 4.78 is 0. The monoisotopic (exact) mass is 228 g/mol. The summed E-state index contributed by atoms with van der Waals surface area (Å²) in [7, 11) is 0. The minimum atomic E-state index is 0.424. The van der Waals surface area contributed by atoms with Crippen LogP contribution in [0.2, 0.25) is 0 Å². The summed E-state index contributed by atoms with van der Waals surface area (Å²) >= 11 is 0. The summed E-state index contributed by atoms with van der Waals surface area (Å²) in [6.45, 7) is 5.47. The van der Waals surface area contributed by atoms with Crippen molar-refractivity contribution in [3.05, 3.63) is 48.2 Å². The van der Waals surface area contributed by atoms with E-state index in [2.05, 4.69) is 54.5 Å². The highest BCUT2D eigenvalue weighted by atomic mass is 14.9. The summed E-state index contributed by atoms with van der Waals surface area (Å²) in [5.74, 6) is 0. The lowest BCUT2D eigenvalue weighted by Gasteiger charge is -2.13. The molecule has 1 heterocycles. The molecule has 0 spiro atoms. The van der Waals surface area contributed by atoms with Crippen molar-refractivity contribution in [1.82, 2.24) is 10.3 Å². The molecule has 0 bridgehead atoms. The normalized spacial score (nSPS) is 12.6. The molecule has 2 nitrogen and oxygen atoms in total. The molecule has 2 N–H and O–H groups in total. The number of rotatable bonds is 5. The Labute approximate surface area is 103 Å². The molecule has 0 radical (unpaired) electrons. The predicted octanol–water partition coefficient (Wildman–Crippen LogP) is 3.74. The molecule has 0 saturated carbocycles. The Morgan fingerprint density at radius 1 is 1.18 bits per heavy atom. The fourth-order valence-electron chi connectivity index (χ4n) is 1.94. The Balaban J connectivity index is 2.08. The first-order valence-corrected chi connectivity index (χ1v) is 6.28. The van der Waals surface area contributed by atoms with E-state index >= 15 is 0 Å². The molecule has 1 unspecified atom stereocenters. The van der Waals surface area contributed by atoms with Gasteiger partial charge in [0.25, 0.3) is 0 Å². The van der Waals surface area contributed by atoms with Crippen molar-refractivity contribution >= 4 is 0 Å². The average Bonchev–Trinajstić information content (AvgIpc) is 2.90.